The third-order valence-electron chi connectivity index (χ3n) is 1.24. The molecule has 0 bridgehead atoms. The van der Waals surface area contributed by atoms with Crippen LogP contribution in [0, 0.1) is 0 Å². The Bertz CT molecular complexity index is 288. The second-order valence-corrected chi connectivity index (χ2v) is 2.71. The summed E-state index contributed by atoms with van der Waals surface area (Å²) in [5.74, 6) is 0. The monoisotopic (exact) mass is 255 g/mol. The van der Waals surface area contributed by atoms with Gasteiger partial charge in [0.25, 0.3) is 0 Å². The molecule has 1 aromatic heterocycles. The van der Waals surface area contributed by atoms with Gasteiger partial charge in [-0.25, -0.2) is 4.98 Å². The first kappa shape index (κ1) is 8.01. The van der Waals surface area contributed by atoms with E-state index >= 15 is 0 Å². The molecule has 0 aliphatic carbocycles. The Kier molecular flexibility index (Phi) is 2.68. The van der Waals surface area contributed by atoms with Crippen LogP contribution in [0.1, 0.15) is 0 Å². The molecule has 1 nitrogen and oxygen atoms in total. The zero-order valence-electron chi connectivity index (χ0n) is 5.24. The normalized spacial score (nSPS) is 9.20. The third kappa shape index (κ3) is 1.32. The van der Waals surface area contributed by atoms with Crippen molar-refractivity contribution in [1.82, 2.24) is 4.98 Å². The molecule has 10 heavy (non-hydrogen) atoms. The average Bonchev–Trinajstić information content (AvgIpc) is 2.33. The fourth-order valence-corrected chi connectivity index (χ4v) is 1.48. The Morgan fingerprint density at radius 3 is 2.80 bits per heavy atom. The van der Waals surface area contributed by atoms with Crippen molar-refractivity contribution >= 4 is 45.5 Å². The quantitative estimate of drug-likeness (QED) is 0.654. The third-order valence-corrected chi connectivity index (χ3v) is 2.05. The molecule has 2 aromatic rings. The minimum absolute atomic E-state index is 0. The number of hydrogen-bond donors (Lipinski definition) is 0. The first-order valence-electron chi connectivity index (χ1n) is 2.75. The molecular formula is C7H5NSSn. The number of aromatic nitrogens is 1. The van der Waals surface area contributed by atoms with Crippen LogP contribution in [0.4, 0.5) is 0 Å². The maximum absolute atomic E-state index is 4.14. The summed E-state index contributed by atoms with van der Waals surface area (Å²) in [6, 6.07) is 8.13. The molecule has 0 spiro atoms. The van der Waals surface area contributed by atoms with E-state index < -0.39 is 0 Å². The molecule has 0 atom stereocenters. The van der Waals surface area contributed by atoms with E-state index in [4.69, 9.17) is 0 Å². The van der Waals surface area contributed by atoms with Gasteiger partial charge in [0.05, 0.1) is 15.7 Å². The zero-order valence-corrected chi connectivity index (χ0v) is 8.91. The van der Waals surface area contributed by atoms with Crippen molar-refractivity contribution in [3.63, 3.8) is 0 Å². The molecule has 3 heteroatoms. The number of para-hydroxylation sites is 1. The number of nitrogens with zero attached hydrogens (tertiary/aromatic N) is 1. The van der Waals surface area contributed by atoms with Crippen LogP contribution in [-0.2, 0) is 0 Å². The van der Waals surface area contributed by atoms with Gasteiger partial charge in [0, 0.05) is 23.9 Å². The Balaban J connectivity index is 0.000000500. The Morgan fingerprint density at radius 1 is 1.20 bits per heavy atom. The number of fused-ring (bicyclic) bond motifs is 1. The molecule has 4 radical (unpaired) electrons. The van der Waals surface area contributed by atoms with Crippen LogP contribution in [0.5, 0.6) is 0 Å². The predicted molar refractivity (Wildman–Crippen MR) is 45.4 cm³/mol. The van der Waals surface area contributed by atoms with Gasteiger partial charge in [0.2, 0.25) is 0 Å². The van der Waals surface area contributed by atoms with Crippen LogP contribution in [0.2, 0.25) is 0 Å². The summed E-state index contributed by atoms with van der Waals surface area (Å²) in [5, 5.41) is 0. The van der Waals surface area contributed by atoms with Gasteiger partial charge in [-0.05, 0) is 12.1 Å². The summed E-state index contributed by atoms with van der Waals surface area (Å²) >= 11 is 1.68. The molecule has 0 aliphatic rings. The van der Waals surface area contributed by atoms with Crippen LogP contribution in [0.25, 0.3) is 10.2 Å². The molecule has 1 aromatic carbocycles. The van der Waals surface area contributed by atoms with E-state index in [1.807, 2.05) is 23.7 Å². The van der Waals surface area contributed by atoms with Crippen molar-refractivity contribution in [2.45, 2.75) is 0 Å². The van der Waals surface area contributed by atoms with Crippen LogP contribution >= 0.6 is 11.3 Å². The summed E-state index contributed by atoms with van der Waals surface area (Å²) in [5.41, 5.74) is 2.97. The number of rotatable bonds is 0. The molecule has 2 rings (SSSR count). The Hall–Kier alpha value is -0.0913. The van der Waals surface area contributed by atoms with Crippen molar-refractivity contribution in [2.75, 3.05) is 0 Å². The maximum Gasteiger partial charge on any atom is 0.0812 e. The van der Waals surface area contributed by atoms with Gasteiger partial charge in [0.1, 0.15) is 0 Å². The maximum atomic E-state index is 4.14. The average molecular weight is 254 g/mol. The van der Waals surface area contributed by atoms with Gasteiger partial charge < -0.3 is 0 Å². The van der Waals surface area contributed by atoms with E-state index in [1.54, 1.807) is 11.3 Å². The zero-order chi connectivity index (χ0) is 6.10. The topological polar surface area (TPSA) is 12.9 Å². The summed E-state index contributed by atoms with van der Waals surface area (Å²) in [6.45, 7) is 0. The van der Waals surface area contributed by atoms with Crippen molar-refractivity contribution < 1.29 is 0 Å². The summed E-state index contributed by atoms with van der Waals surface area (Å²) in [7, 11) is 0. The van der Waals surface area contributed by atoms with Crippen LogP contribution < -0.4 is 0 Å². The van der Waals surface area contributed by atoms with E-state index in [0.717, 1.165) is 5.52 Å². The fourth-order valence-electron chi connectivity index (χ4n) is 0.803. The van der Waals surface area contributed by atoms with Crippen LogP contribution in [0.3, 0.4) is 0 Å². The molecular weight excluding hydrogens is 249 g/mol. The summed E-state index contributed by atoms with van der Waals surface area (Å²) < 4.78 is 1.26. The molecule has 0 saturated carbocycles. The molecule has 0 fully saturated rings. The first-order valence-corrected chi connectivity index (χ1v) is 3.63. The summed E-state index contributed by atoms with van der Waals surface area (Å²) in [4.78, 5) is 4.14. The smallest absolute Gasteiger partial charge is 0.0812 e. The molecule has 48 valence electrons. The predicted octanol–water partition coefficient (Wildman–Crippen LogP) is 1.92. The second kappa shape index (κ2) is 3.34. The van der Waals surface area contributed by atoms with E-state index in [0.29, 0.717) is 0 Å². The molecule has 0 unspecified atom stereocenters. The standard InChI is InChI=1S/C7H5NS.Sn/c1-2-4-7-6(3-1)8-5-9-7;/h1-5H;. The SMILES string of the molecule is [Sn].c1ccc2scnc2c1. The van der Waals surface area contributed by atoms with Crippen LogP contribution in [-0.4, -0.2) is 28.9 Å². The largest absolute Gasteiger partial charge is 0.245 e. The van der Waals surface area contributed by atoms with E-state index in [2.05, 4.69) is 11.1 Å². The number of thiazole rings is 1. The van der Waals surface area contributed by atoms with Gasteiger partial charge in [0.15, 0.2) is 0 Å². The van der Waals surface area contributed by atoms with E-state index in [9.17, 15) is 0 Å². The Labute approximate surface area is 80.1 Å². The van der Waals surface area contributed by atoms with Gasteiger partial charge in [-0.1, -0.05) is 12.1 Å². The minimum Gasteiger partial charge on any atom is -0.245 e. The molecule has 0 saturated heterocycles. The molecule has 0 aliphatic heterocycles. The minimum atomic E-state index is 0. The first-order chi connectivity index (χ1) is 4.47. The number of benzene rings is 1. The fraction of sp³-hybridized carbons (Fsp3) is 0. The van der Waals surface area contributed by atoms with Crippen molar-refractivity contribution in [2.24, 2.45) is 0 Å². The van der Waals surface area contributed by atoms with Crippen molar-refractivity contribution in [3.05, 3.63) is 29.8 Å². The van der Waals surface area contributed by atoms with Gasteiger partial charge in [-0.2, -0.15) is 0 Å². The van der Waals surface area contributed by atoms with Crippen molar-refractivity contribution in [1.29, 1.82) is 0 Å². The molecule has 1 heterocycles. The van der Waals surface area contributed by atoms with E-state index in [1.165, 1.54) is 4.70 Å². The van der Waals surface area contributed by atoms with Gasteiger partial charge >= 0.3 is 0 Å². The summed E-state index contributed by atoms with van der Waals surface area (Å²) in [6.07, 6.45) is 0. The molecule has 0 amide bonds. The van der Waals surface area contributed by atoms with Crippen molar-refractivity contribution in [3.8, 4) is 0 Å². The number of hydrogen-bond acceptors (Lipinski definition) is 2. The van der Waals surface area contributed by atoms with Gasteiger partial charge in [-0.15, -0.1) is 11.3 Å². The Morgan fingerprint density at radius 2 is 2.00 bits per heavy atom. The van der Waals surface area contributed by atoms with Crippen LogP contribution in [0.15, 0.2) is 29.8 Å². The second-order valence-electron chi connectivity index (χ2n) is 1.82. The van der Waals surface area contributed by atoms with Gasteiger partial charge in [-0.3, -0.25) is 0 Å². The van der Waals surface area contributed by atoms with E-state index in [-0.39, 0.29) is 23.9 Å². The molecule has 0 N–H and O–H groups in total.